The first-order valence-corrected chi connectivity index (χ1v) is 8.90. The minimum atomic E-state index is -4.74. The summed E-state index contributed by atoms with van der Waals surface area (Å²) in [6, 6.07) is 6.28. The highest BCUT2D eigenvalue weighted by molar-refractivity contribution is 5.92. The molecule has 9 nitrogen and oxygen atoms in total. The highest BCUT2D eigenvalue weighted by atomic mass is 19.4. The Morgan fingerprint density at radius 1 is 1.30 bits per heavy atom. The van der Waals surface area contributed by atoms with Gasteiger partial charge < -0.3 is 31.2 Å². The first kappa shape index (κ1) is 21.3. The molecular formula is C18H19F3N6O3. The number of aromatic nitrogens is 2. The molecule has 1 aliphatic heterocycles. The molecule has 2 aromatic rings. The minimum Gasteiger partial charge on any atom is -0.406 e. The van der Waals surface area contributed by atoms with Crippen LogP contribution in [0.1, 0.15) is 22.0 Å². The highest BCUT2D eigenvalue weighted by Crippen LogP contribution is 2.32. The van der Waals surface area contributed by atoms with Gasteiger partial charge >= 0.3 is 6.36 Å². The maximum absolute atomic E-state index is 12.3. The second-order valence-corrected chi connectivity index (χ2v) is 6.64. The van der Waals surface area contributed by atoms with E-state index in [0.29, 0.717) is 19.4 Å². The number of carbonyl (C=O) groups excluding carboxylic acids is 2. The first-order chi connectivity index (χ1) is 14.2. The summed E-state index contributed by atoms with van der Waals surface area (Å²) in [5.74, 6) is -0.541. The molecule has 1 amide bonds. The number of rotatable bonds is 8. The lowest BCUT2D eigenvalue weighted by molar-refractivity contribution is -0.274. The van der Waals surface area contributed by atoms with Crippen molar-refractivity contribution in [3.8, 4) is 5.75 Å². The molecule has 1 fully saturated rings. The Hall–Kier alpha value is -3.41. The van der Waals surface area contributed by atoms with Crippen LogP contribution in [0, 0.1) is 0 Å². The number of nitrogens with two attached hydrogens (primary N) is 2. The fourth-order valence-corrected chi connectivity index (χ4v) is 2.91. The van der Waals surface area contributed by atoms with Gasteiger partial charge in [0.2, 0.25) is 5.95 Å². The van der Waals surface area contributed by atoms with Gasteiger partial charge in [-0.1, -0.05) is 12.1 Å². The summed E-state index contributed by atoms with van der Waals surface area (Å²) in [5.41, 5.74) is 11.6. The van der Waals surface area contributed by atoms with Gasteiger partial charge in [0.15, 0.2) is 0 Å². The lowest BCUT2D eigenvalue weighted by Gasteiger charge is -2.39. The SMILES string of the molecule is NC[C@@H](C=O)Nc1cc(C(N)=O)nc(N2CC(c3ccc(OC(F)(F)F)cc3)C2)n1. The number of hydrogen-bond donors (Lipinski definition) is 3. The molecule has 160 valence electrons. The molecule has 0 unspecified atom stereocenters. The van der Waals surface area contributed by atoms with E-state index >= 15 is 0 Å². The summed E-state index contributed by atoms with van der Waals surface area (Å²) in [7, 11) is 0. The van der Waals surface area contributed by atoms with E-state index in [-0.39, 0.29) is 35.7 Å². The molecule has 3 rings (SSSR count). The quantitative estimate of drug-likeness (QED) is 0.534. The molecule has 1 aliphatic rings. The third-order valence-electron chi connectivity index (χ3n) is 4.47. The van der Waals surface area contributed by atoms with Gasteiger partial charge in [-0.3, -0.25) is 4.79 Å². The van der Waals surface area contributed by atoms with E-state index in [1.54, 1.807) is 17.0 Å². The van der Waals surface area contributed by atoms with E-state index in [9.17, 15) is 22.8 Å². The molecule has 2 heterocycles. The number of nitrogens with zero attached hydrogens (tertiary/aromatic N) is 3. The van der Waals surface area contributed by atoms with Crippen molar-refractivity contribution in [2.24, 2.45) is 11.5 Å². The number of ether oxygens (including phenoxy) is 1. The monoisotopic (exact) mass is 424 g/mol. The van der Waals surface area contributed by atoms with Gasteiger partial charge in [0, 0.05) is 31.6 Å². The largest absolute Gasteiger partial charge is 0.573 e. The van der Waals surface area contributed by atoms with Crippen LogP contribution in [0.15, 0.2) is 30.3 Å². The maximum atomic E-state index is 12.3. The molecule has 0 aliphatic carbocycles. The van der Waals surface area contributed by atoms with Crippen LogP contribution in [0.25, 0.3) is 0 Å². The average Bonchev–Trinajstić information content (AvgIpc) is 2.65. The molecule has 12 heteroatoms. The molecule has 1 aromatic heterocycles. The second-order valence-electron chi connectivity index (χ2n) is 6.64. The van der Waals surface area contributed by atoms with Crippen molar-refractivity contribution in [1.82, 2.24) is 9.97 Å². The van der Waals surface area contributed by atoms with Crippen molar-refractivity contribution in [2.75, 3.05) is 29.9 Å². The average molecular weight is 424 g/mol. The zero-order valence-corrected chi connectivity index (χ0v) is 15.6. The lowest BCUT2D eigenvalue weighted by Crippen LogP contribution is -2.46. The molecule has 1 saturated heterocycles. The van der Waals surface area contributed by atoms with E-state index in [0.717, 1.165) is 5.56 Å². The van der Waals surface area contributed by atoms with Crippen molar-refractivity contribution < 1.29 is 27.5 Å². The van der Waals surface area contributed by atoms with Gasteiger partial charge in [0.05, 0.1) is 6.04 Å². The smallest absolute Gasteiger partial charge is 0.406 e. The molecule has 1 aromatic carbocycles. The number of benzene rings is 1. The van der Waals surface area contributed by atoms with Crippen LogP contribution in [-0.4, -0.2) is 54.2 Å². The van der Waals surface area contributed by atoms with E-state index < -0.39 is 18.3 Å². The molecule has 0 saturated carbocycles. The standard InChI is InChI=1S/C18H19F3N6O3/c19-18(20,21)30-13-3-1-10(2-4-13)11-7-27(8-11)17-25-14(16(23)29)5-15(26-17)24-12(6-22)9-28/h1-5,9,11-12H,6-8,22H2,(H2,23,29)(H,24,25,26)/t12-/m0/s1. The summed E-state index contributed by atoms with van der Waals surface area (Å²) in [6.45, 7) is 0.999. The summed E-state index contributed by atoms with van der Waals surface area (Å²) in [6.07, 6.45) is -4.12. The van der Waals surface area contributed by atoms with Crippen molar-refractivity contribution in [1.29, 1.82) is 0 Å². The normalized spacial score (nSPS) is 15.3. The molecule has 30 heavy (non-hydrogen) atoms. The van der Waals surface area contributed by atoms with Gasteiger partial charge in [-0.15, -0.1) is 13.2 Å². The van der Waals surface area contributed by atoms with Gasteiger partial charge in [0.1, 0.15) is 23.5 Å². The van der Waals surface area contributed by atoms with Crippen LogP contribution in [-0.2, 0) is 4.79 Å². The third-order valence-corrected chi connectivity index (χ3v) is 4.47. The summed E-state index contributed by atoms with van der Waals surface area (Å²) in [4.78, 5) is 32.8. The Morgan fingerprint density at radius 3 is 2.50 bits per heavy atom. The van der Waals surface area contributed by atoms with Gasteiger partial charge in [-0.05, 0) is 17.7 Å². The maximum Gasteiger partial charge on any atom is 0.573 e. The Labute approximate surface area is 169 Å². The lowest BCUT2D eigenvalue weighted by atomic mass is 9.92. The summed E-state index contributed by atoms with van der Waals surface area (Å²) >= 11 is 0. The van der Waals surface area contributed by atoms with Gasteiger partial charge in [-0.2, -0.15) is 4.98 Å². The highest BCUT2D eigenvalue weighted by Gasteiger charge is 2.33. The van der Waals surface area contributed by atoms with Crippen LogP contribution in [0.5, 0.6) is 5.75 Å². The van der Waals surface area contributed by atoms with Crippen molar-refractivity contribution >= 4 is 24.0 Å². The zero-order chi connectivity index (χ0) is 21.9. The molecular weight excluding hydrogens is 405 g/mol. The Balaban J connectivity index is 1.70. The van der Waals surface area contributed by atoms with Crippen LogP contribution in [0.3, 0.4) is 0 Å². The summed E-state index contributed by atoms with van der Waals surface area (Å²) < 4.78 is 40.6. The van der Waals surface area contributed by atoms with E-state index in [4.69, 9.17) is 11.5 Å². The van der Waals surface area contributed by atoms with Crippen molar-refractivity contribution in [3.63, 3.8) is 0 Å². The molecule has 0 radical (unpaired) electrons. The number of aldehydes is 1. The van der Waals surface area contributed by atoms with Gasteiger partial charge in [-0.25, -0.2) is 4.98 Å². The molecule has 1 atom stereocenters. The molecule has 0 bridgehead atoms. The van der Waals surface area contributed by atoms with Crippen LogP contribution in [0.4, 0.5) is 24.9 Å². The van der Waals surface area contributed by atoms with Crippen LogP contribution in [0.2, 0.25) is 0 Å². The van der Waals surface area contributed by atoms with E-state index in [1.165, 1.54) is 18.2 Å². The predicted octanol–water partition coefficient (Wildman–Crippen LogP) is 1.02. The van der Waals surface area contributed by atoms with Crippen molar-refractivity contribution in [2.45, 2.75) is 18.3 Å². The Kier molecular flexibility index (Phi) is 6.06. The number of carbonyl (C=O) groups is 2. The molecule has 5 N–H and O–H groups in total. The number of primary amides is 1. The number of nitrogens with one attached hydrogen (secondary N) is 1. The molecule has 0 spiro atoms. The fraction of sp³-hybridized carbons (Fsp3) is 0.333. The van der Waals surface area contributed by atoms with E-state index in [2.05, 4.69) is 20.0 Å². The topological polar surface area (TPSA) is 136 Å². The predicted molar refractivity (Wildman–Crippen MR) is 101 cm³/mol. The second kappa shape index (κ2) is 8.53. The number of amides is 1. The number of halogens is 3. The minimum absolute atomic E-state index is 0.0266. The Morgan fingerprint density at radius 2 is 1.97 bits per heavy atom. The summed E-state index contributed by atoms with van der Waals surface area (Å²) in [5, 5.41) is 2.80. The van der Waals surface area contributed by atoms with Gasteiger partial charge in [0.25, 0.3) is 5.91 Å². The van der Waals surface area contributed by atoms with Crippen molar-refractivity contribution in [3.05, 3.63) is 41.6 Å². The fourth-order valence-electron chi connectivity index (χ4n) is 2.91. The van der Waals surface area contributed by atoms with Crippen LogP contribution >= 0.6 is 0 Å². The van der Waals surface area contributed by atoms with E-state index in [1.807, 2.05) is 0 Å². The number of anilines is 2. The third kappa shape index (κ3) is 5.14. The zero-order valence-electron chi connectivity index (χ0n) is 15.6. The first-order valence-electron chi connectivity index (χ1n) is 8.90. The number of alkyl halides is 3. The van der Waals surface area contributed by atoms with Crippen LogP contribution < -0.4 is 26.4 Å². The number of hydrogen-bond acceptors (Lipinski definition) is 8. The Bertz CT molecular complexity index is 916.